The Bertz CT molecular complexity index is 312. The number of nitrogens with zero attached hydrogens (tertiary/aromatic N) is 3. The lowest BCUT2D eigenvalue weighted by atomic mass is 10.1. The maximum atomic E-state index is 11.2. The first-order valence-electron chi connectivity index (χ1n) is 8.38. The number of aliphatic hydroxyl groups is 2. The second kappa shape index (κ2) is 7.88. The smallest absolute Gasteiger partial charge is 0.177 e. The number of aliphatic hydroxyl groups excluding tert-OH is 1. The van der Waals surface area contributed by atoms with Gasteiger partial charge in [-0.1, -0.05) is 13.8 Å². The van der Waals surface area contributed by atoms with Gasteiger partial charge >= 0.3 is 0 Å². The van der Waals surface area contributed by atoms with Gasteiger partial charge in [0, 0.05) is 19.0 Å². The van der Waals surface area contributed by atoms with Crippen molar-refractivity contribution >= 4 is 0 Å². The second-order valence-electron chi connectivity index (χ2n) is 6.58. The van der Waals surface area contributed by atoms with Crippen molar-refractivity contribution in [1.82, 2.24) is 14.7 Å². The Balaban J connectivity index is 3.11. The van der Waals surface area contributed by atoms with Crippen LogP contribution in [-0.4, -0.2) is 76.3 Å². The minimum atomic E-state index is -0.906. The first-order chi connectivity index (χ1) is 9.77. The van der Waals surface area contributed by atoms with Crippen LogP contribution < -0.4 is 0 Å². The van der Waals surface area contributed by atoms with E-state index in [0.717, 1.165) is 38.8 Å². The summed E-state index contributed by atoms with van der Waals surface area (Å²) in [5.74, 6) is -0.906. The molecule has 1 aliphatic heterocycles. The SMILES string of the molecule is CCN1C(C)CCC(O)(N(C)C)N(CC)C1CCC(C)O. The molecule has 126 valence electrons. The van der Waals surface area contributed by atoms with E-state index >= 15 is 0 Å². The molecule has 4 unspecified atom stereocenters. The van der Waals surface area contributed by atoms with Crippen LogP contribution in [0.4, 0.5) is 0 Å². The average Bonchev–Trinajstić information content (AvgIpc) is 2.52. The van der Waals surface area contributed by atoms with E-state index in [1.807, 2.05) is 25.9 Å². The van der Waals surface area contributed by atoms with Gasteiger partial charge in [0.2, 0.25) is 0 Å². The van der Waals surface area contributed by atoms with E-state index in [1.54, 1.807) is 0 Å². The highest BCUT2D eigenvalue weighted by molar-refractivity contribution is 4.89. The molecule has 5 heteroatoms. The third kappa shape index (κ3) is 4.17. The molecule has 2 N–H and O–H groups in total. The maximum Gasteiger partial charge on any atom is 0.177 e. The quantitative estimate of drug-likeness (QED) is 0.728. The van der Waals surface area contributed by atoms with Crippen molar-refractivity contribution in [2.24, 2.45) is 0 Å². The molecular formula is C16H35N3O2. The lowest BCUT2D eigenvalue weighted by molar-refractivity contribution is -0.226. The molecule has 1 fully saturated rings. The molecule has 1 saturated heterocycles. The fraction of sp³-hybridized carbons (Fsp3) is 1.00. The van der Waals surface area contributed by atoms with Crippen LogP contribution in [-0.2, 0) is 0 Å². The third-order valence-corrected chi connectivity index (χ3v) is 4.93. The van der Waals surface area contributed by atoms with Gasteiger partial charge in [-0.15, -0.1) is 0 Å². The summed E-state index contributed by atoms with van der Waals surface area (Å²) in [5.41, 5.74) is 0. The monoisotopic (exact) mass is 301 g/mol. The van der Waals surface area contributed by atoms with Crippen LogP contribution in [0.1, 0.15) is 53.4 Å². The van der Waals surface area contributed by atoms with Crippen molar-refractivity contribution in [2.45, 2.75) is 77.5 Å². The first-order valence-corrected chi connectivity index (χ1v) is 8.38. The van der Waals surface area contributed by atoms with Gasteiger partial charge < -0.3 is 10.2 Å². The van der Waals surface area contributed by atoms with Gasteiger partial charge in [0.15, 0.2) is 5.85 Å². The zero-order chi connectivity index (χ0) is 16.2. The summed E-state index contributed by atoms with van der Waals surface area (Å²) in [5, 5.41) is 20.9. The molecule has 1 rings (SSSR count). The Hall–Kier alpha value is -0.200. The molecule has 1 heterocycles. The van der Waals surface area contributed by atoms with E-state index in [2.05, 4.69) is 30.6 Å². The molecule has 21 heavy (non-hydrogen) atoms. The van der Waals surface area contributed by atoms with Crippen LogP contribution in [0.15, 0.2) is 0 Å². The summed E-state index contributed by atoms with van der Waals surface area (Å²) in [6.07, 6.45) is 3.22. The number of rotatable bonds is 6. The lowest BCUT2D eigenvalue weighted by Gasteiger charge is -2.48. The van der Waals surface area contributed by atoms with Crippen LogP contribution in [0.5, 0.6) is 0 Å². The molecule has 0 spiro atoms. The van der Waals surface area contributed by atoms with Crippen molar-refractivity contribution in [1.29, 1.82) is 0 Å². The number of hydrogen-bond donors (Lipinski definition) is 2. The van der Waals surface area contributed by atoms with Crippen molar-refractivity contribution in [3.63, 3.8) is 0 Å². The fourth-order valence-corrected chi connectivity index (χ4v) is 3.60. The highest BCUT2D eigenvalue weighted by Gasteiger charge is 2.45. The minimum Gasteiger partial charge on any atom is -0.393 e. The van der Waals surface area contributed by atoms with Gasteiger partial charge in [-0.2, -0.15) is 0 Å². The molecule has 0 bridgehead atoms. The molecule has 0 aromatic carbocycles. The maximum absolute atomic E-state index is 11.2. The molecule has 4 atom stereocenters. The van der Waals surface area contributed by atoms with Gasteiger partial charge in [-0.3, -0.25) is 9.80 Å². The Labute approximate surface area is 130 Å². The molecule has 0 aromatic rings. The van der Waals surface area contributed by atoms with Gasteiger partial charge in [-0.25, -0.2) is 4.90 Å². The van der Waals surface area contributed by atoms with Gasteiger partial charge in [0.1, 0.15) is 0 Å². The van der Waals surface area contributed by atoms with Crippen molar-refractivity contribution < 1.29 is 10.2 Å². The Kier molecular flexibility index (Phi) is 7.07. The lowest BCUT2D eigenvalue weighted by Crippen LogP contribution is -2.63. The topological polar surface area (TPSA) is 50.2 Å². The highest BCUT2D eigenvalue weighted by Crippen LogP contribution is 2.33. The van der Waals surface area contributed by atoms with Crippen LogP contribution in [0, 0.1) is 0 Å². The van der Waals surface area contributed by atoms with Crippen molar-refractivity contribution in [3.05, 3.63) is 0 Å². The van der Waals surface area contributed by atoms with Gasteiger partial charge in [0.05, 0.1) is 12.3 Å². The van der Waals surface area contributed by atoms with E-state index in [4.69, 9.17) is 0 Å². The Morgan fingerprint density at radius 2 is 1.90 bits per heavy atom. The molecule has 0 amide bonds. The van der Waals surface area contributed by atoms with E-state index in [0.29, 0.717) is 6.04 Å². The van der Waals surface area contributed by atoms with Crippen molar-refractivity contribution in [2.75, 3.05) is 27.2 Å². The molecule has 1 aliphatic rings. The largest absolute Gasteiger partial charge is 0.393 e. The van der Waals surface area contributed by atoms with Gasteiger partial charge in [-0.05, 0) is 53.8 Å². The molecule has 0 aromatic heterocycles. The van der Waals surface area contributed by atoms with Crippen molar-refractivity contribution in [3.8, 4) is 0 Å². The predicted molar refractivity (Wildman–Crippen MR) is 86.8 cm³/mol. The molecule has 0 aliphatic carbocycles. The number of hydrogen-bond acceptors (Lipinski definition) is 5. The van der Waals surface area contributed by atoms with Crippen LogP contribution >= 0.6 is 0 Å². The molecule has 0 saturated carbocycles. The summed E-state index contributed by atoms with van der Waals surface area (Å²) in [7, 11) is 3.89. The molecule has 0 radical (unpaired) electrons. The molecular weight excluding hydrogens is 266 g/mol. The average molecular weight is 301 g/mol. The predicted octanol–water partition coefficient (Wildman–Crippen LogP) is 1.51. The zero-order valence-electron chi connectivity index (χ0n) is 14.7. The van der Waals surface area contributed by atoms with E-state index in [1.165, 1.54) is 0 Å². The summed E-state index contributed by atoms with van der Waals surface area (Å²) in [4.78, 5) is 6.59. The second-order valence-corrected chi connectivity index (χ2v) is 6.58. The normalized spacial score (nSPS) is 34.1. The van der Waals surface area contributed by atoms with Crippen LogP contribution in [0.2, 0.25) is 0 Å². The van der Waals surface area contributed by atoms with Gasteiger partial charge in [0.25, 0.3) is 0 Å². The minimum absolute atomic E-state index is 0.166. The first kappa shape index (κ1) is 18.8. The standard InChI is InChI=1S/C16H35N3O2/c1-7-18-13(3)11-12-16(21,17(5)6)19(8-2)15(18)10-9-14(4)20/h13-15,20-21H,7-12H2,1-6H3. The Morgan fingerprint density at radius 1 is 1.29 bits per heavy atom. The summed E-state index contributed by atoms with van der Waals surface area (Å²) >= 11 is 0. The molecule has 5 nitrogen and oxygen atoms in total. The summed E-state index contributed by atoms with van der Waals surface area (Å²) < 4.78 is 0. The highest BCUT2D eigenvalue weighted by atomic mass is 16.3. The summed E-state index contributed by atoms with van der Waals surface area (Å²) in [6, 6.07) is 0.442. The van der Waals surface area contributed by atoms with Crippen LogP contribution in [0.25, 0.3) is 0 Å². The third-order valence-electron chi connectivity index (χ3n) is 4.93. The van der Waals surface area contributed by atoms with E-state index < -0.39 is 5.85 Å². The summed E-state index contributed by atoms with van der Waals surface area (Å²) in [6.45, 7) is 10.1. The van der Waals surface area contributed by atoms with Crippen LogP contribution in [0.3, 0.4) is 0 Å². The van der Waals surface area contributed by atoms with E-state index in [-0.39, 0.29) is 12.3 Å². The fourth-order valence-electron chi connectivity index (χ4n) is 3.60. The zero-order valence-corrected chi connectivity index (χ0v) is 14.7. The van der Waals surface area contributed by atoms with E-state index in [9.17, 15) is 10.2 Å². The Morgan fingerprint density at radius 3 is 2.33 bits per heavy atom.